The highest BCUT2D eigenvalue weighted by molar-refractivity contribution is 4.89. The Morgan fingerprint density at radius 3 is 2.05 bits per heavy atom. The third kappa shape index (κ3) is 6.29. The van der Waals surface area contributed by atoms with Gasteiger partial charge < -0.3 is 5.32 Å². The highest BCUT2D eigenvalue weighted by Crippen LogP contribution is 2.40. The van der Waals surface area contributed by atoms with E-state index in [4.69, 9.17) is 0 Å². The molecule has 1 N–H and O–H groups in total. The van der Waals surface area contributed by atoms with Gasteiger partial charge in [0.2, 0.25) is 0 Å². The monoisotopic (exact) mass is 267 g/mol. The molecule has 0 saturated heterocycles. The van der Waals surface area contributed by atoms with E-state index in [-0.39, 0.29) is 0 Å². The van der Waals surface area contributed by atoms with Crippen LogP contribution >= 0.6 is 0 Å². The SMILES string of the molecule is CCCCCCCCCC(NC)C1(C)CCCCC1. The summed E-state index contributed by atoms with van der Waals surface area (Å²) >= 11 is 0. The molecular formula is C18H37N. The van der Waals surface area contributed by atoms with Crippen LogP contribution in [0.4, 0.5) is 0 Å². The van der Waals surface area contributed by atoms with Gasteiger partial charge in [-0.25, -0.2) is 0 Å². The molecule has 0 aliphatic heterocycles. The predicted molar refractivity (Wildman–Crippen MR) is 86.6 cm³/mol. The van der Waals surface area contributed by atoms with Gasteiger partial charge in [0.05, 0.1) is 0 Å². The third-order valence-electron chi connectivity index (χ3n) is 5.28. The van der Waals surface area contributed by atoms with Gasteiger partial charge in [0, 0.05) is 6.04 Å². The van der Waals surface area contributed by atoms with Gasteiger partial charge in [-0.15, -0.1) is 0 Å². The van der Waals surface area contributed by atoms with Crippen molar-refractivity contribution in [3.8, 4) is 0 Å². The van der Waals surface area contributed by atoms with Crippen LogP contribution in [-0.2, 0) is 0 Å². The van der Waals surface area contributed by atoms with E-state index in [9.17, 15) is 0 Å². The quantitative estimate of drug-likeness (QED) is 0.502. The van der Waals surface area contributed by atoms with Crippen molar-refractivity contribution in [3.63, 3.8) is 0 Å². The molecule has 0 spiro atoms. The number of unbranched alkanes of at least 4 members (excludes halogenated alkanes) is 6. The minimum atomic E-state index is 0.579. The Morgan fingerprint density at radius 2 is 1.47 bits per heavy atom. The molecule has 0 amide bonds. The van der Waals surface area contributed by atoms with Gasteiger partial charge in [-0.1, -0.05) is 78.1 Å². The van der Waals surface area contributed by atoms with Crippen LogP contribution in [0.2, 0.25) is 0 Å². The van der Waals surface area contributed by atoms with Crippen LogP contribution in [0, 0.1) is 5.41 Å². The van der Waals surface area contributed by atoms with Gasteiger partial charge in [0.1, 0.15) is 0 Å². The number of hydrogen-bond donors (Lipinski definition) is 1. The van der Waals surface area contributed by atoms with Crippen molar-refractivity contribution in [1.82, 2.24) is 5.32 Å². The fourth-order valence-electron chi connectivity index (χ4n) is 3.85. The smallest absolute Gasteiger partial charge is 0.0118 e. The van der Waals surface area contributed by atoms with Crippen molar-refractivity contribution in [2.45, 2.75) is 103 Å². The summed E-state index contributed by atoms with van der Waals surface area (Å²) in [7, 11) is 2.17. The number of rotatable bonds is 10. The van der Waals surface area contributed by atoms with E-state index in [1.54, 1.807) is 0 Å². The van der Waals surface area contributed by atoms with Gasteiger partial charge in [-0.05, 0) is 31.7 Å². The van der Waals surface area contributed by atoms with E-state index in [1.807, 2.05) is 0 Å². The summed E-state index contributed by atoms with van der Waals surface area (Å²) in [5.74, 6) is 0. The second-order valence-electron chi connectivity index (χ2n) is 6.97. The Kier molecular flexibility index (Phi) is 8.77. The molecule has 1 aliphatic carbocycles. The van der Waals surface area contributed by atoms with Crippen LogP contribution < -0.4 is 5.32 Å². The van der Waals surface area contributed by atoms with Crippen LogP contribution in [0.1, 0.15) is 97.3 Å². The molecule has 0 bridgehead atoms. The van der Waals surface area contributed by atoms with E-state index in [2.05, 4.69) is 26.2 Å². The van der Waals surface area contributed by atoms with Gasteiger partial charge in [0.15, 0.2) is 0 Å². The zero-order valence-electron chi connectivity index (χ0n) is 13.8. The molecule has 0 heterocycles. The first-order valence-electron chi connectivity index (χ1n) is 8.90. The summed E-state index contributed by atoms with van der Waals surface area (Å²) in [4.78, 5) is 0. The Hall–Kier alpha value is -0.0400. The summed E-state index contributed by atoms with van der Waals surface area (Å²) in [6, 6.07) is 0.753. The first kappa shape index (κ1) is 17.0. The lowest BCUT2D eigenvalue weighted by Crippen LogP contribution is -2.43. The fraction of sp³-hybridized carbons (Fsp3) is 1.00. The highest BCUT2D eigenvalue weighted by atomic mass is 14.9. The molecule has 0 radical (unpaired) electrons. The summed E-state index contributed by atoms with van der Waals surface area (Å²) in [6.07, 6.45) is 18.6. The molecule has 19 heavy (non-hydrogen) atoms. The lowest BCUT2D eigenvalue weighted by molar-refractivity contribution is 0.141. The van der Waals surface area contributed by atoms with E-state index in [0.29, 0.717) is 5.41 Å². The number of nitrogens with one attached hydrogen (secondary N) is 1. The van der Waals surface area contributed by atoms with Crippen LogP contribution in [0.3, 0.4) is 0 Å². The molecular weight excluding hydrogens is 230 g/mol. The average Bonchev–Trinajstić information content (AvgIpc) is 2.42. The van der Waals surface area contributed by atoms with Crippen molar-refractivity contribution in [3.05, 3.63) is 0 Å². The van der Waals surface area contributed by atoms with Crippen molar-refractivity contribution in [2.75, 3.05) is 7.05 Å². The van der Waals surface area contributed by atoms with Gasteiger partial charge in [-0.2, -0.15) is 0 Å². The van der Waals surface area contributed by atoms with Crippen LogP contribution in [0.25, 0.3) is 0 Å². The maximum absolute atomic E-state index is 3.62. The van der Waals surface area contributed by atoms with Crippen molar-refractivity contribution >= 4 is 0 Å². The van der Waals surface area contributed by atoms with E-state index < -0.39 is 0 Å². The summed E-state index contributed by atoms with van der Waals surface area (Å²) in [5, 5.41) is 3.62. The third-order valence-corrected chi connectivity index (χ3v) is 5.28. The van der Waals surface area contributed by atoms with E-state index in [0.717, 1.165) is 6.04 Å². The topological polar surface area (TPSA) is 12.0 Å². The summed E-state index contributed by atoms with van der Waals surface area (Å²) in [6.45, 7) is 4.82. The second kappa shape index (κ2) is 9.80. The normalized spacial score (nSPS) is 20.4. The Labute approximate surface area is 121 Å². The maximum Gasteiger partial charge on any atom is 0.0118 e. The van der Waals surface area contributed by atoms with E-state index >= 15 is 0 Å². The van der Waals surface area contributed by atoms with Crippen molar-refractivity contribution < 1.29 is 0 Å². The summed E-state index contributed by atoms with van der Waals surface area (Å²) in [5.41, 5.74) is 0.579. The van der Waals surface area contributed by atoms with E-state index in [1.165, 1.54) is 83.5 Å². The fourth-order valence-corrected chi connectivity index (χ4v) is 3.85. The lowest BCUT2D eigenvalue weighted by atomic mass is 9.69. The predicted octanol–water partition coefficient (Wildman–Crippen LogP) is 5.69. The Morgan fingerprint density at radius 1 is 0.895 bits per heavy atom. The van der Waals surface area contributed by atoms with Crippen molar-refractivity contribution in [1.29, 1.82) is 0 Å². The molecule has 1 rings (SSSR count). The Balaban J connectivity index is 2.14. The minimum absolute atomic E-state index is 0.579. The molecule has 0 aromatic heterocycles. The molecule has 1 fully saturated rings. The molecule has 0 aromatic carbocycles. The summed E-state index contributed by atoms with van der Waals surface area (Å²) < 4.78 is 0. The zero-order chi connectivity index (χ0) is 14.0. The molecule has 0 aromatic rings. The van der Waals surface area contributed by atoms with Gasteiger partial charge in [0.25, 0.3) is 0 Å². The molecule has 114 valence electrons. The molecule has 1 aliphatic rings. The van der Waals surface area contributed by atoms with Gasteiger partial charge >= 0.3 is 0 Å². The first-order valence-corrected chi connectivity index (χ1v) is 8.90. The molecule has 1 atom stereocenters. The molecule has 1 heteroatoms. The minimum Gasteiger partial charge on any atom is -0.316 e. The standard InChI is InChI=1S/C18H37N/c1-4-5-6-7-8-9-11-14-17(19-3)18(2)15-12-10-13-16-18/h17,19H,4-16H2,1-3H3. The highest BCUT2D eigenvalue weighted by Gasteiger charge is 2.33. The second-order valence-corrected chi connectivity index (χ2v) is 6.97. The van der Waals surface area contributed by atoms with Gasteiger partial charge in [-0.3, -0.25) is 0 Å². The van der Waals surface area contributed by atoms with Crippen molar-refractivity contribution in [2.24, 2.45) is 5.41 Å². The first-order chi connectivity index (χ1) is 9.23. The van der Waals surface area contributed by atoms with Crippen LogP contribution in [-0.4, -0.2) is 13.1 Å². The largest absolute Gasteiger partial charge is 0.316 e. The number of hydrogen-bond acceptors (Lipinski definition) is 1. The molecule has 1 saturated carbocycles. The molecule has 1 nitrogen and oxygen atoms in total. The lowest BCUT2D eigenvalue weighted by Gasteiger charge is -2.41. The van der Waals surface area contributed by atoms with Crippen LogP contribution in [0.5, 0.6) is 0 Å². The zero-order valence-corrected chi connectivity index (χ0v) is 13.8. The average molecular weight is 268 g/mol. The Bertz CT molecular complexity index is 206. The van der Waals surface area contributed by atoms with Crippen LogP contribution in [0.15, 0.2) is 0 Å². The molecule has 1 unspecified atom stereocenters. The maximum atomic E-state index is 3.62.